The van der Waals surface area contributed by atoms with Crippen molar-refractivity contribution in [2.75, 3.05) is 32.1 Å². The number of hydrogen-bond acceptors (Lipinski definition) is 7. The van der Waals surface area contributed by atoms with Crippen LogP contribution in [0.4, 0.5) is 0 Å². The second kappa shape index (κ2) is 5.59. The van der Waals surface area contributed by atoms with E-state index in [-0.39, 0.29) is 6.54 Å². The average molecular weight is 228 g/mol. The van der Waals surface area contributed by atoms with E-state index in [2.05, 4.69) is 5.32 Å². The topological polar surface area (TPSA) is 130 Å². The van der Waals surface area contributed by atoms with E-state index in [1.165, 1.54) is 0 Å². The van der Waals surface area contributed by atoms with Crippen LogP contribution in [-0.4, -0.2) is 65.9 Å². The van der Waals surface area contributed by atoms with Crippen molar-refractivity contribution in [1.82, 2.24) is 5.32 Å². The molecule has 0 saturated carbocycles. The molecule has 86 valence electrons. The highest BCUT2D eigenvalue weighted by molar-refractivity contribution is 7.85. The number of rotatable bonds is 7. The van der Waals surface area contributed by atoms with Gasteiger partial charge in [-0.2, -0.15) is 0 Å². The lowest BCUT2D eigenvalue weighted by molar-refractivity contribution is 0.0440. The molecule has 0 atom stereocenters. The lowest BCUT2D eigenvalue weighted by Crippen LogP contribution is -2.55. The maximum Gasteiger partial charge on any atom is 0.0958 e. The summed E-state index contributed by atoms with van der Waals surface area (Å²) in [6.07, 6.45) is 0. The maximum atomic E-state index is 10.2. The number of aliphatic hydroxyl groups is 3. The molecule has 0 aromatic rings. The molecule has 0 spiro atoms. The molecule has 4 N–H and O–H groups in total. The van der Waals surface area contributed by atoms with Crippen molar-refractivity contribution in [2.45, 2.75) is 5.54 Å². The van der Waals surface area contributed by atoms with Crippen LogP contribution < -0.4 is 5.32 Å². The van der Waals surface area contributed by atoms with Gasteiger partial charge < -0.3 is 25.2 Å². The van der Waals surface area contributed by atoms with E-state index in [1.807, 2.05) is 0 Å². The highest BCUT2D eigenvalue weighted by atomic mass is 32.2. The van der Waals surface area contributed by atoms with Gasteiger partial charge in [0.05, 0.1) is 41.2 Å². The SMILES string of the molecule is O=S(=O)([O-])CCNC(CO)(CO)CO. The molecule has 0 aliphatic carbocycles. The van der Waals surface area contributed by atoms with Crippen LogP contribution in [0.3, 0.4) is 0 Å². The highest BCUT2D eigenvalue weighted by Gasteiger charge is 2.26. The quantitative estimate of drug-likeness (QED) is 0.338. The summed E-state index contributed by atoms with van der Waals surface area (Å²) >= 11 is 0. The zero-order chi connectivity index (χ0) is 11.2. The van der Waals surface area contributed by atoms with Crippen LogP contribution in [0, 0.1) is 0 Å². The third-order valence-electron chi connectivity index (χ3n) is 1.76. The number of nitrogens with one attached hydrogen (secondary N) is 1. The zero-order valence-electron chi connectivity index (χ0n) is 7.51. The summed E-state index contributed by atoms with van der Waals surface area (Å²) in [4.78, 5) is 0. The van der Waals surface area contributed by atoms with Gasteiger partial charge in [-0.15, -0.1) is 0 Å². The molecular weight excluding hydrogens is 214 g/mol. The van der Waals surface area contributed by atoms with E-state index in [0.717, 1.165) is 0 Å². The molecule has 7 nitrogen and oxygen atoms in total. The predicted octanol–water partition coefficient (Wildman–Crippen LogP) is -3.16. The van der Waals surface area contributed by atoms with Crippen LogP contribution in [0.2, 0.25) is 0 Å². The second-order valence-corrected chi connectivity index (χ2v) is 4.47. The van der Waals surface area contributed by atoms with Gasteiger partial charge in [0.1, 0.15) is 0 Å². The molecule has 0 aromatic heterocycles. The van der Waals surface area contributed by atoms with Crippen molar-refractivity contribution < 1.29 is 28.3 Å². The minimum Gasteiger partial charge on any atom is -0.748 e. The molecule has 0 unspecified atom stereocenters. The molecule has 0 bridgehead atoms. The van der Waals surface area contributed by atoms with Crippen molar-refractivity contribution >= 4 is 10.1 Å². The Balaban J connectivity index is 4.08. The Morgan fingerprint density at radius 1 is 1.14 bits per heavy atom. The van der Waals surface area contributed by atoms with Gasteiger partial charge in [0.15, 0.2) is 0 Å². The van der Waals surface area contributed by atoms with Gasteiger partial charge in [-0.25, -0.2) is 8.42 Å². The summed E-state index contributed by atoms with van der Waals surface area (Å²) in [6.45, 7) is -1.90. The summed E-state index contributed by atoms with van der Waals surface area (Å²) in [7, 11) is -4.33. The fraction of sp³-hybridized carbons (Fsp3) is 1.00. The third-order valence-corrected chi connectivity index (χ3v) is 2.46. The molecule has 14 heavy (non-hydrogen) atoms. The molecule has 0 radical (unpaired) electrons. The first kappa shape index (κ1) is 13.8. The van der Waals surface area contributed by atoms with Crippen molar-refractivity contribution in [3.8, 4) is 0 Å². The smallest absolute Gasteiger partial charge is 0.0958 e. The molecule has 0 saturated heterocycles. The largest absolute Gasteiger partial charge is 0.748 e. The molecule has 8 heteroatoms. The van der Waals surface area contributed by atoms with Gasteiger partial charge in [-0.3, -0.25) is 0 Å². The maximum absolute atomic E-state index is 10.2. The Labute approximate surface area is 82.1 Å². The van der Waals surface area contributed by atoms with Gasteiger partial charge >= 0.3 is 0 Å². The monoisotopic (exact) mass is 228 g/mol. The first-order chi connectivity index (χ1) is 6.39. The van der Waals surface area contributed by atoms with E-state index in [0.29, 0.717) is 0 Å². The second-order valence-electron chi connectivity index (χ2n) is 2.94. The lowest BCUT2D eigenvalue weighted by atomic mass is 10.0. The standard InChI is InChI=1S/C6H15NO6S/c8-3-6(4-9,5-10)7-1-2-14(11,12)13/h7-10H,1-5H2,(H,11,12,13)/p-1. The summed E-state index contributed by atoms with van der Waals surface area (Å²) < 4.78 is 30.6. The van der Waals surface area contributed by atoms with E-state index in [1.54, 1.807) is 0 Å². The van der Waals surface area contributed by atoms with Crippen LogP contribution in [0.25, 0.3) is 0 Å². The summed E-state index contributed by atoms with van der Waals surface area (Å²) in [5.74, 6) is -0.658. The first-order valence-electron chi connectivity index (χ1n) is 3.90. The molecule has 0 aliphatic rings. The van der Waals surface area contributed by atoms with Crippen molar-refractivity contribution in [3.63, 3.8) is 0 Å². The van der Waals surface area contributed by atoms with Gasteiger partial charge in [0.2, 0.25) is 0 Å². The molecule has 0 aromatic carbocycles. The van der Waals surface area contributed by atoms with E-state index in [4.69, 9.17) is 15.3 Å². The van der Waals surface area contributed by atoms with Crippen molar-refractivity contribution in [3.05, 3.63) is 0 Å². The zero-order valence-corrected chi connectivity index (χ0v) is 8.33. The van der Waals surface area contributed by atoms with E-state index >= 15 is 0 Å². The summed E-state index contributed by atoms with van der Waals surface area (Å²) in [5.41, 5.74) is -1.34. The molecule has 0 heterocycles. The minimum absolute atomic E-state index is 0.229. The Bertz CT molecular complexity index is 239. The fourth-order valence-electron chi connectivity index (χ4n) is 0.759. The molecule has 0 rings (SSSR count). The predicted molar refractivity (Wildman–Crippen MR) is 46.6 cm³/mol. The molecule has 0 aliphatic heterocycles. The highest BCUT2D eigenvalue weighted by Crippen LogP contribution is 2.00. The fourth-order valence-corrected chi connectivity index (χ4v) is 1.11. The van der Waals surface area contributed by atoms with Crippen molar-refractivity contribution in [1.29, 1.82) is 0 Å². The Morgan fingerprint density at radius 3 is 1.86 bits per heavy atom. The van der Waals surface area contributed by atoms with Gasteiger partial charge in [0, 0.05) is 6.54 Å². The van der Waals surface area contributed by atoms with E-state index < -0.39 is 41.2 Å². The normalized spacial score (nSPS) is 13.1. The van der Waals surface area contributed by atoms with E-state index in [9.17, 15) is 13.0 Å². The molecular formula is C6H14NO6S-. The average Bonchev–Trinajstić information content (AvgIpc) is 2.11. The summed E-state index contributed by atoms with van der Waals surface area (Å²) in [6, 6.07) is 0. The van der Waals surface area contributed by atoms with Gasteiger partial charge in [-0.05, 0) is 0 Å². The lowest BCUT2D eigenvalue weighted by Gasteiger charge is -2.28. The van der Waals surface area contributed by atoms with Crippen molar-refractivity contribution in [2.24, 2.45) is 0 Å². The van der Waals surface area contributed by atoms with Gasteiger partial charge in [-0.1, -0.05) is 0 Å². The Morgan fingerprint density at radius 2 is 1.57 bits per heavy atom. The van der Waals surface area contributed by atoms with Crippen LogP contribution in [0.5, 0.6) is 0 Å². The Hall–Kier alpha value is -0.250. The molecule has 0 fully saturated rings. The number of hydrogen-bond donors (Lipinski definition) is 4. The first-order valence-corrected chi connectivity index (χ1v) is 5.48. The Kier molecular flexibility index (Phi) is 5.49. The van der Waals surface area contributed by atoms with Crippen LogP contribution in [0.15, 0.2) is 0 Å². The summed E-state index contributed by atoms with van der Waals surface area (Å²) in [5, 5.41) is 28.8. The van der Waals surface area contributed by atoms with Crippen LogP contribution in [0.1, 0.15) is 0 Å². The van der Waals surface area contributed by atoms with Gasteiger partial charge in [0.25, 0.3) is 0 Å². The third kappa shape index (κ3) is 4.84. The van der Waals surface area contributed by atoms with Crippen LogP contribution in [-0.2, 0) is 10.1 Å². The van der Waals surface area contributed by atoms with Crippen LogP contribution >= 0.6 is 0 Å². The minimum atomic E-state index is -4.33. The molecule has 0 amide bonds. The number of aliphatic hydroxyl groups excluding tert-OH is 3.